The van der Waals surface area contributed by atoms with Crippen LogP contribution in [-0.4, -0.2) is 12.5 Å². The summed E-state index contributed by atoms with van der Waals surface area (Å²) in [6, 6.07) is 16.0. The van der Waals surface area contributed by atoms with Crippen LogP contribution in [0.15, 0.2) is 48.5 Å². The van der Waals surface area contributed by atoms with Gasteiger partial charge in [0.2, 0.25) is 5.91 Å². The van der Waals surface area contributed by atoms with E-state index in [1.807, 2.05) is 18.2 Å². The van der Waals surface area contributed by atoms with E-state index in [2.05, 4.69) is 29.6 Å². The Hall–Kier alpha value is -2.13. The summed E-state index contributed by atoms with van der Waals surface area (Å²) < 4.78 is 0. The van der Waals surface area contributed by atoms with Crippen molar-refractivity contribution in [2.75, 3.05) is 6.54 Å². The zero-order chi connectivity index (χ0) is 16.8. The fraction of sp³-hybridized carbons (Fsp3) is 0.381. The number of benzene rings is 2. The normalized spacial score (nSPS) is 15.3. The minimum atomic E-state index is -0.389. The van der Waals surface area contributed by atoms with Gasteiger partial charge in [0, 0.05) is 12.1 Å². The highest BCUT2D eigenvalue weighted by Gasteiger charge is 2.12. The van der Waals surface area contributed by atoms with Crippen LogP contribution in [0.3, 0.4) is 0 Å². The first-order valence-electron chi connectivity index (χ1n) is 8.92. The van der Waals surface area contributed by atoms with E-state index >= 15 is 0 Å². The number of nitrogens with two attached hydrogens (primary N) is 1. The van der Waals surface area contributed by atoms with E-state index in [-0.39, 0.29) is 5.91 Å². The molecule has 0 aliphatic heterocycles. The van der Waals surface area contributed by atoms with Gasteiger partial charge in [0.25, 0.3) is 0 Å². The summed E-state index contributed by atoms with van der Waals surface area (Å²) in [7, 11) is 0. The molecule has 24 heavy (non-hydrogen) atoms. The molecular weight excluding hydrogens is 296 g/mol. The van der Waals surface area contributed by atoms with Crippen molar-refractivity contribution in [2.45, 2.75) is 38.6 Å². The lowest BCUT2D eigenvalue weighted by atomic mass is 9.89. The minimum Gasteiger partial charge on any atom is -0.366 e. The van der Waals surface area contributed by atoms with E-state index in [1.54, 1.807) is 6.07 Å². The van der Waals surface area contributed by atoms with Crippen LogP contribution in [0.25, 0.3) is 11.1 Å². The molecule has 1 saturated carbocycles. The van der Waals surface area contributed by atoms with E-state index in [0.717, 1.165) is 30.1 Å². The number of rotatable bonds is 6. The zero-order valence-electron chi connectivity index (χ0n) is 14.1. The second-order valence-electron chi connectivity index (χ2n) is 6.78. The molecule has 3 nitrogen and oxygen atoms in total. The van der Waals surface area contributed by atoms with E-state index in [1.165, 1.54) is 37.7 Å². The number of hydrogen-bond donors (Lipinski definition) is 2. The molecular formula is C21H26N2O. The summed E-state index contributed by atoms with van der Waals surface area (Å²) in [4.78, 5) is 11.3. The molecule has 1 amide bonds. The lowest BCUT2D eigenvalue weighted by molar-refractivity contribution is 0.100. The molecule has 0 saturated heterocycles. The lowest BCUT2D eigenvalue weighted by Gasteiger charge is -2.21. The highest BCUT2D eigenvalue weighted by atomic mass is 16.1. The van der Waals surface area contributed by atoms with Crippen molar-refractivity contribution in [1.82, 2.24) is 5.32 Å². The van der Waals surface area contributed by atoms with Crippen LogP contribution in [0, 0.1) is 5.92 Å². The molecule has 0 spiro atoms. The van der Waals surface area contributed by atoms with Gasteiger partial charge in [-0.05, 0) is 54.1 Å². The Morgan fingerprint density at radius 3 is 2.46 bits per heavy atom. The quantitative estimate of drug-likeness (QED) is 0.840. The number of carbonyl (C=O) groups excluding carboxylic acids is 1. The molecule has 126 valence electrons. The van der Waals surface area contributed by atoms with Crippen molar-refractivity contribution in [1.29, 1.82) is 0 Å². The Kier molecular flexibility index (Phi) is 5.65. The number of hydrogen-bond acceptors (Lipinski definition) is 2. The Bertz CT molecular complexity index is 672. The zero-order valence-corrected chi connectivity index (χ0v) is 14.1. The van der Waals surface area contributed by atoms with Crippen molar-refractivity contribution in [2.24, 2.45) is 11.7 Å². The van der Waals surface area contributed by atoms with Gasteiger partial charge in [-0.15, -0.1) is 0 Å². The monoisotopic (exact) mass is 322 g/mol. The second kappa shape index (κ2) is 8.11. The van der Waals surface area contributed by atoms with Crippen LogP contribution < -0.4 is 11.1 Å². The maximum absolute atomic E-state index is 11.3. The average Bonchev–Trinajstić information content (AvgIpc) is 2.63. The van der Waals surface area contributed by atoms with Gasteiger partial charge in [-0.25, -0.2) is 0 Å². The molecule has 0 unspecified atom stereocenters. The predicted octanol–water partition coefficient (Wildman–Crippen LogP) is 4.12. The summed E-state index contributed by atoms with van der Waals surface area (Å²) >= 11 is 0. The molecule has 1 aliphatic rings. The minimum absolute atomic E-state index is 0.389. The van der Waals surface area contributed by atoms with Gasteiger partial charge in [0.1, 0.15) is 0 Å². The standard InChI is InChI=1S/C21H26N2O/c22-21(24)20-8-4-7-19(13-20)18-11-9-17(10-12-18)15-23-14-16-5-2-1-3-6-16/h4,7-13,16,23H,1-3,5-6,14-15H2,(H2,22,24). The first-order chi connectivity index (χ1) is 11.7. The molecule has 2 aromatic rings. The smallest absolute Gasteiger partial charge is 0.248 e. The van der Waals surface area contributed by atoms with Crippen molar-refractivity contribution < 1.29 is 4.79 Å². The molecule has 3 N–H and O–H groups in total. The molecule has 0 radical (unpaired) electrons. The van der Waals surface area contributed by atoms with Gasteiger partial charge in [-0.2, -0.15) is 0 Å². The third-order valence-electron chi connectivity index (χ3n) is 4.92. The van der Waals surface area contributed by atoms with Gasteiger partial charge in [-0.1, -0.05) is 55.7 Å². The molecule has 0 heterocycles. The number of amides is 1. The first kappa shape index (κ1) is 16.7. The van der Waals surface area contributed by atoms with Crippen molar-refractivity contribution in [3.63, 3.8) is 0 Å². The Labute approximate surface area is 144 Å². The molecule has 3 heteroatoms. The molecule has 0 atom stereocenters. The third kappa shape index (κ3) is 4.45. The highest BCUT2D eigenvalue weighted by molar-refractivity contribution is 5.94. The first-order valence-corrected chi connectivity index (χ1v) is 8.92. The molecule has 1 fully saturated rings. The molecule has 0 aromatic heterocycles. The van der Waals surface area contributed by atoms with Crippen LogP contribution in [0.4, 0.5) is 0 Å². The van der Waals surface area contributed by atoms with Crippen molar-refractivity contribution in [3.05, 3.63) is 59.7 Å². The molecule has 0 bridgehead atoms. The molecule has 3 rings (SSSR count). The maximum Gasteiger partial charge on any atom is 0.248 e. The highest BCUT2D eigenvalue weighted by Crippen LogP contribution is 2.23. The number of carbonyl (C=O) groups is 1. The van der Waals surface area contributed by atoms with Crippen LogP contribution in [-0.2, 0) is 6.54 Å². The Morgan fingerprint density at radius 2 is 1.75 bits per heavy atom. The third-order valence-corrected chi connectivity index (χ3v) is 4.92. The van der Waals surface area contributed by atoms with Crippen molar-refractivity contribution >= 4 is 5.91 Å². The molecule has 1 aliphatic carbocycles. The van der Waals surface area contributed by atoms with E-state index in [0.29, 0.717) is 5.56 Å². The second-order valence-corrected chi connectivity index (χ2v) is 6.78. The van der Waals surface area contributed by atoms with E-state index in [4.69, 9.17) is 5.73 Å². The summed E-state index contributed by atoms with van der Waals surface area (Å²) in [6.45, 7) is 2.04. The van der Waals surface area contributed by atoms with Crippen LogP contribution in [0.2, 0.25) is 0 Å². The fourth-order valence-electron chi connectivity index (χ4n) is 3.48. The van der Waals surface area contributed by atoms with Gasteiger partial charge in [-0.3, -0.25) is 4.79 Å². The van der Waals surface area contributed by atoms with E-state index < -0.39 is 0 Å². The number of primary amides is 1. The van der Waals surface area contributed by atoms with E-state index in [9.17, 15) is 4.79 Å². The topological polar surface area (TPSA) is 55.1 Å². The summed E-state index contributed by atoms with van der Waals surface area (Å²) in [5, 5.41) is 3.59. The summed E-state index contributed by atoms with van der Waals surface area (Å²) in [5.74, 6) is 0.468. The Morgan fingerprint density at radius 1 is 1.00 bits per heavy atom. The Balaban J connectivity index is 1.57. The average molecular weight is 322 g/mol. The SMILES string of the molecule is NC(=O)c1cccc(-c2ccc(CNCC3CCCCC3)cc2)c1. The predicted molar refractivity (Wildman–Crippen MR) is 98.7 cm³/mol. The lowest BCUT2D eigenvalue weighted by Crippen LogP contribution is -2.24. The van der Waals surface area contributed by atoms with Gasteiger partial charge < -0.3 is 11.1 Å². The van der Waals surface area contributed by atoms with Crippen molar-refractivity contribution in [3.8, 4) is 11.1 Å². The summed E-state index contributed by atoms with van der Waals surface area (Å²) in [5.41, 5.74) is 9.32. The van der Waals surface area contributed by atoms with Gasteiger partial charge in [0.05, 0.1) is 0 Å². The fourth-order valence-corrected chi connectivity index (χ4v) is 3.48. The van der Waals surface area contributed by atoms with Crippen LogP contribution in [0.1, 0.15) is 48.0 Å². The van der Waals surface area contributed by atoms with Crippen LogP contribution in [0.5, 0.6) is 0 Å². The van der Waals surface area contributed by atoms with Gasteiger partial charge >= 0.3 is 0 Å². The molecule has 2 aromatic carbocycles. The van der Waals surface area contributed by atoms with Crippen LogP contribution >= 0.6 is 0 Å². The van der Waals surface area contributed by atoms with Gasteiger partial charge in [0.15, 0.2) is 0 Å². The summed E-state index contributed by atoms with van der Waals surface area (Å²) in [6.07, 6.45) is 6.95. The number of nitrogens with one attached hydrogen (secondary N) is 1. The largest absolute Gasteiger partial charge is 0.366 e. The maximum atomic E-state index is 11.3.